The molecule has 0 N–H and O–H groups in total. The van der Waals surface area contributed by atoms with E-state index in [2.05, 4.69) is 57.1 Å². The molecule has 0 rings (SSSR count). The number of esters is 1. The molecule has 0 saturated carbocycles. The third kappa shape index (κ3) is 33.4. The normalized spacial score (nSPS) is 12.0. The molecule has 0 aromatic heterocycles. The molecule has 0 heterocycles. The molecule has 0 aliphatic heterocycles. The Labute approximate surface area is 264 Å². The first-order chi connectivity index (χ1) is 20.6. The van der Waals surface area contributed by atoms with Crippen LogP contribution in [-0.4, -0.2) is 37.6 Å². The molecule has 0 atom stereocenters. The fourth-order valence-corrected chi connectivity index (χ4v) is 5.58. The quantitative estimate of drug-likeness (QED) is 0.0433. The van der Waals surface area contributed by atoms with Gasteiger partial charge in [0.1, 0.15) is 6.10 Å². The van der Waals surface area contributed by atoms with Crippen molar-refractivity contribution in [1.29, 1.82) is 0 Å². The molecule has 0 aliphatic rings. The molecule has 3 heteroatoms. The third-order valence-corrected chi connectivity index (χ3v) is 8.36. The van der Waals surface area contributed by atoms with Gasteiger partial charge in [0, 0.05) is 6.42 Å². The number of hydrogen-bond acceptors (Lipinski definition) is 3. The molecular formula is C39H75NO2. The van der Waals surface area contributed by atoms with Gasteiger partial charge in [-0.1, -0.05) is 128 Å². The van der Waals surface area contributed by atoms with Crippen LogP contribution in [0.5, 0.6) is 0 Å². The number of hydrogen-bond donors (Lipinski definition) is 0. The van der Waals surface area contributed by atoms with Crippen molar-refractivity contribution in [3.63, 3.8) is 0 Å². The summed E-state index contributed by atoms with van der Waals surface area (Å²) in [5.41, 5.74) is 0. The van der Waals surface area contributed by atoms with Gasteiger partial charge in [-0.2, -0.15) is 0 Å². The topological polar surface area (TPSA) is 29.5 Å². The van der Waals surface area contributed by atoms with Gasteiger partial charge in [-0.05, 0) is 104 Å². The van der Waals surface area contributed by atoms with Gasteiger partial charge in [0.2, 0.25) is 0 Å². The number of nitrogens with zero attached hydrogens (tertiary/aromatic N) is 1. The van der Waals surface area contributed by atoms with E-state index >= 15 is 0 Å². The molecule has 42 heavy (non-hydrogen) atoms. The van der Waals surface area contributed by atoms with Crippen LogP contribution in [0.2, 0.25) is 0 Å². The van der Waals surface area contributed by atoms with Crippen LogP contribution in [0.15, 0.2) is 24.3 Å². The summed E-state index contributed by atoms with van der Waals surface area (Å²) >= 11 is 0. The number of rotatable bonds is 33. The fourth-order valence-electron chi connectivity index (χ4n) is 5.58. The average Bonchev–Trinajstić information content (AvgIpc) is 2.97. The summed E-state index contributed by atoms with van der Waals surface area (Å²) in [6.07, 6.45) is 44.8. The molecule has 0 fully saturated rings. The molecule has 3 nitrogen and oxygen atoms in total. The van der Waals surface area contributed by atoms with E-state index in [1.165, 1.54) is 154 Å². The van der Waals surface area contributed by atoms with E-state index in [1.54, 1.807) is 0 Å². The predicted molar refractivity (Wildman–Crippen MR) is 187 cm³/mol. The first-order valence-electron chi connectivity index (χ1n) is 18.7. The van der Waals surface area contributed by atoms with Crippen LogP contribution in [0, 0.1) is 0 Å². The highest BCUT2D eigenvalue weighted by atomic mass is 16.5. The second kappa shape index (κ2) is 34.4. The van der Waals surface area contributed by atoms with Crippen molar-refractivity contribution in [2.24, 2.45) is 0 Å². The maximum atomic E-state index is 12.5. The second-order valence-corrected chi connectivity index (χ2v) is 13.1. The second-order valence-electron chi connectivity index (χ2n) is 13.1. The summed E-state index contributed by atoms with van der Waals surface area (Å²) < 4.78 is 5.99. The van der Waals surface area contributed by atoms with Crippen LogP contribution in [0.3, 0.4) is 0 Å². The Kier molecular flexibility index (Phi) is 33.5. The molecule has 248 valence electrons. The zero-order chi connectivity index (χ0) is 30.8. The molecular weight excluding hydrogens is 514 g/mol. The average molecular weight is 590 g/mol. The van der Waals surface area contributed by atoms with Gasteiger partial charge < -0.3 is 9.64 Å². The summed E-state index contributed by atoms with van der Waals surface area (Å²) in [5, 5.41) is 0. The van der Waals surface area contributed by atoms with E-state index in [0.29, 0.717) is 6.42 Å². The number of carbonyl (C=O) groups excluding carboxylic acids is 1. The Hall–Kier alpha value is -1.09. The molecule has 0 aromatic carbocycles. The summed E-state index contributed by atoms with van der Waals surface area (Å²) in [7, 11) is 4.12. The largest absolute Gasteiger partial charge is 0.462 e. The van der Waals surface area contributed by atoms with Crippen LogP contribution in [0.1, 0.15) is 194 Å². The van der Waals surface area contributed by atoms with E-state index in [9.17, 15) is 4.79 Å². The Balaban J connectivity index is 3.99. The van der Waals surface area contributed by atoms with Crippen molar-refractivity contribution in [3.05, 3.63) is 24.3 Å². The first-order valence-corrected chi connectivity index (χ1v) is 18.7. The van der Waals surface area contributed by atoms with Gasteiger partial charge in [-0.25, -0.2) is 0 Å². The van der Waals surface area contributed by atoms with Crippen LogP contribution >= 0.6 is 0 Å². The summed E-state index contributed by atoms with van der Waals surface area (Å²) in [5.74, 6) is 0.0127. The van der Waals surface area contributed by atoms with E-state index < -0.39 is 0 Å². The van der Waals surface area contributed by atoms with Crippen LogP contribution in [0.25, 0.3) is 0 Å². The Morgan fingerprint density at radius 1 is 0.524 bits per heavy atom. The van der Waals surface area contributed by atoms with E-state index in [-0.39, 0.29) is 12.1 Å². The van der Waals surface area contributed by atoms with Gasteiger partial charge in [0.05, 0.1) is 0 Å². The molecule has 0 saturated heterocycles. The zero-order valence-corrected chi connectivity index (χ0v) is 29.2. The summed E-state index contributed by atoms with van der Waals surface area (Å²) in [6.45, 7) is 5.50. The molecule has 0 radical (unpaired) electrons. The van der Waals surface area contributed by atoms with Crippen molar-refractivity contribution in [3.8, 4) is 0 Å². The van der Waals surface area contributed by atoms with Crippen molar-refractivity contribution in [2.75, 3.05) is 20.6 Å². The first kappa shape index (κ1) is 40.9. The fraction of sp³-hybridized carbons (Fsp3) is 0.872. The van der Waals surface area contributed by atoms with Gasteiger partial charge in [-0.15, -0.1) is 0 Å². The van der Waals surface area contributed by atoms with Crippen molar-refractivity contribution < 1.29 is 9.53 Å². The Morgan fingerprint density at radius 3 is 1.26 bits per heavy atom. The molecule has 0 aliphatic carbocycles. The van der Waals surface area contributed by atoms with E-state index in [0.717, 1.165) is 25.8 Å². The highest BCUT2D eigenvalue weighted by molar-refractivity contribution is 5.69. The minimum Gasteiger partial charge on any atom is -0.462 e. The van der Waals surface area contributed by atoms with Crippen molar-refractivity contribution in [1.82, 2.24) is 4.90 Å². The Bertz CT molecular complexity index is 559. The molecule has 0 aromatic rings. The number of unbranched alkanes of at least 4 members (excludes halogenated alkanes) is 20. The monoisotopic (exact) mass is 590 g/mol. The molecule has 0 bridgehead atoms. The maximum absolute atomic E-state index is 12.5. The predicted octanol–water partition coefficient (Wildman–Crippen LogP) is 12.5. The smallest absolute Gasteiger partial charge is 0.306 e. The number of carbonyl (C=O) groups is 1. The van der Waals surface area contributed by atoms with Crippen LogP contribution in [-0.2, 0) is 9.53 Å². The lowest BCUT2D eigenvalue weighted by atomic mass is 10.0. The van der Waals surface area contributed by atoms with E-state index in [1.807, 2.05) is 0 Å². The number of ether oxygens (including phenoxy) is 1. The third-order valence-electron chi connectivity index (χ3n) is 8.36. The van der Waals surface area contributed by atoms with Gasteiger partial charge in [0.15, 0.2) is 0 Å². The highest BCUT2D eigenvalue weighted by Crippen LogP contribution is 2.18. The lowest BCUT2D eigenvalue weighted by Crippen LogP contribution is -2.20. The van der Waals surface area contributed by atoms with Crippen molar-refractivity contribution in [2.45, 2.75) is 200 Å². The molecule has 0 unspecified atom stereocenters. The highest BCUT2D eigenvalue weighted by Gasteiger charge is 2.14. The summed E-state index contributed by atoms with van der Waals surface area (Å²) in [4.78, 5) is 14.6. The van der Waals surface area contributed by atoms with E-state index in [4.69, 9.17) is 4.74 Å². The number of allylic oxidation sites excluding steroid dienone is 4. The van der Waals surface area contributed by atoms with Crippen LogP contribution in [0.4, 0.5) is 0 Å². The molecule has 0 spiro atoms. The standard InChI is InChI=1S/C39H75NO2/c1-5-7-9-11-13-15-17-19-21-23-25-27-29-31-34-38(42-39(41)36-33-37-40(3)4)35-32-30-28-26-24-22-20-18-16-14-12-10-8-6-2/h15-18,38H,5-14,19-37H2,1-4H3/b17-15-,18-16-. The lowest BCUT2D eigenvalue weighted by molar-refractivity contribution is -0.150. The van der Waals surface area contributed by atoms with Gasteiger partial charge in [0.25, 0.3) is 0 Å². The minimum absolute atomic E-state index is 0.0127. The zero-order valence-electron chi connectivity index (χ0n) is 29.2. The van der Waals surface area contributed by atoms with Gasteiger partial charge in [-0.3, -0.25) is 4.79 Å². The minimum atomic E-state index is 0.0127. The Morgan fingerprint density at radius 2 is 0.881 bits per heavy atom. The lowest BCUT2D eigenvalue weighted by Gasteiger charge is -2.18. The maximum Gasteiger partial charge on any atom is 0.306 e. The van der Waals surface area contributed by atoms with Gasteiger partial charge >= 0.3 is 5.97 Å². The van der Waals surface area contributed by atoms with Crippen LogP contribution < -0.4 is 0 Å². The molecule has 0 amide bonds. The van der Waals surface area contributed by atoms with Crippen molar-refractivity contribution >= 4 is 5.97 Å². The SMILES string of the molecule is CCCCCC/C=C\CCCCCCCCC(CCCCCCCC/C=C\CCCCCC)OC(=O)CCCN(C)C. The summed E-state index contributed by atoms with van der Waals surface area (Å²) in [6, 6.07) is 0.